The highest BCUT2D eigenvalue weighted by Gasteiger charge is 2.46. The Bertz CT molecular complexity index is 434. The van der Waals surface area contributed by atoms with E-state index >= 15 is 0 Å². The second-order valence-corrected chi connectivity index (χ2v) is 5.81. The molecule has 0 radical (unpaired) electrons. The third kappa shape index (κ3) is 2.54. The fourth-order valence-electron chi connectivity index (χ4n) is 3.37. The lowest BCUT2D eigenvalue weighted by molar-refractivity contribution is 0.105. The van der Waals surface area contributed by atoms with Gasteiger partial charge in [-0.05, 0) is 63.4 Å². The minimum absolute atomic E-state index is 0.194. The summed E-state index contributed by atoms with van der Waals surface area (Å²) >= 11 is 0. The molecule has 1 aromatic rings. The number of fused-ring (bicyclic) bond motifs is 1. The van der Waals surface area contributed by atoms with Gasteiger partial charge in [0.15, 0.2) is 0 Å². The molecule has 3 heteroatoms. The summed E-state index contributed by atoms with van der Waals surface area (Å²) < 4.78 is 0. The molecule has 1 aliphatic heterocycles. The van der Waals surface area contributed by atoms with Gasteiger partial charge in [-0.3, -0.25) is 4.98 Å². The largest absolute Gasteiger partial charge is 0.323 e. The van der Waals surface area contributed by atoms with Crippen LogP contribution in [0.5, 0.6) is 0 Å². The smallest absolute Gasteiger partial charge is 0.0460 e. The van der Waals surface area contributed by atoms with Crippen molar-refractivity contribution in [3.05, 3.63) is 29.1 Å². The van der Waals surface area contributed by atoms with E-state index in [4.69, 9.17) is 5.73 Å². The van der Waals surface area contributed by atoms with E-state index in [9.17, 15) is 0 Å². The van der Waals surface area contributed by atoms with Crippen molar-refractivity contribution in [1.29, 1.82) is 0 Å². The minimum atomic E-state index is 0.194. The lowest BCUT2D eigenvalue weighted by atomic mass is 9.73. The van der Waals surface area contributed by atoms with Crippen LogP contribution in [-0.2, 0) is 6.42 Å². The zero-order valence-electron chi connectivity index (χ0n) is 12.7. The minimum Gasteiger partial charge on any atom is -0.323 e. The van der Waals surface area contributed by atoms with Crippen molar-refractivity contribution in [2.24, 2.45) is 11.1 Å². The number of likely N-dealkylation sites (tertiary alicyclic amines) is 1. The van der Waals surface area contributed by atoms with Gasteiger partial charge in [-0.2, -0.15) is 0 Å². The predicted molar refractivity (Wildman–Crippen MR) is 80.1 cm³/mol. The van der Waals surface area contributed by atoms with E-state index in [-0.39, 0.29) is 11.5 Å². The quantitative estimate of drug-likeness (QED) is 0.781. The number of nitrogens with two attached hydrogens (primary N) is 1. The van der Waals surface area contributed by atoms with E-state index in [0.29, 0.717) is 0 Å². The van der Waals surface area contributed by atoms with Crippen LogP contribution in [0.2, 0.25) is 0 Å². The predicted octanol–water partition coefficient (Wildman–Crippen LogP) is 2.68. The van der Waals surface area contributed by atoms with Gasteiger partial charge in [0, 0.05) is 17.4 Å². The number of aryl methyl sites for hydroxylation is 1. The van der Waals surface area contributed by atoms with Crippen molar-refractivity contribution >= 4 is 0 Å². The third-order valence-corrected chi connectivity index (χ3v) is 4.65. The summed E-state index contributed by atoms with van der Waals surface area (Å²) in [6.07, 6.45) is 3.50. The Labute approximate surface area is 117 Å². The van der Waals surface area contributed by atoms with Crippen LogP contribution >= 0.6 is 0 Å². The Hall–Kier alpha value is -0.930. The van der Waals surface area contributed by atoms with E-state index < -0.39 is 0 Å². The number of aromatic nitrogens is 1. The molecular formula is C16H27N3. The highest BCUT2D eigenvalue weighted by atomic mass is 15.1. The van der Waals surface area contributed by atoms with Crippen molar-refractivity contribution < 1.29 is 0 Å². The second kappa shape index (κ2) is 5.59. The van der Waals surface area contributed by atoms with E-state index in [1.54, 1.807) is 0 Å². The molecular weight excluding hydrogens is 234 g/mol. The first-order valence-electron chi connectivity index (χ1n) is 7.51. The molecule has 2 N–H and O–H groups in total. The van der Waals surface area contributed by atoms with Crippen molar-refractivity contribution in [2.45, 2.75) is 46.1 Å². The van der Waals surface area contributed by atoms with Gasteiger partial charge in [0.2, 0.25) is 0 Å². The van der Waals surface area contributed by atoms with E-state index in [0.717, 1.165) is 12.1 Å². The first-order chi connectivity index (χ1) is 9.11. The van der Waals surface area contributed by atoms with Crippen molar-refractivity contribution in [3.8, 4) is 0 Å². The van der Waals surface area contributed by atoms with E-state index in [2.05, 4.69) is 36.0 Å². The molecule has 19 heavy (non-hydrogen) atoms. The number of nitrogens with zero attached hydrogens (tertiary/aromatic N) is 2. The van der Waals surface area contributed by atoms with Gasteiger partial charge in [-0.15, -0.1) is 0 Å². The summed E-state index contributed by atoms with van der Waals surface area (Å²) in [7, 11) is 2.20. The summed E-state index contributed by atoms with van der Waals surface area (Å²) in [6, 6.07) is 4.47. The summed E-state index contributed by atoms with van der Waals surface area (Å²) in [4.78, 5) is 7.08. The van der Waals surface area contributed by atoms with E-state index in [1.807, 2.05) is 13.8 Å². The maximum Gasteiger partial charge on any atom is 0.0460 e. The molecule has 0 bridgehead atoms. The van der Waals surface area contributed by atoms with Crippen LogP contribution in [0.15, 0.2) is 12.1 Å². The topological polar surface area (TPSA) is 42.2 Å². The molecule has 1 aromatic heterocycles. The van der Waals surface area contributed by atoms with Gasteiger partial charge in [-0.1, -0.05) is 19.9 Å². The Morgan fingerprint density at radius 2 is 1.89 bits per heavy atom. The molecule has 0 aromatic carbocycles. The Morgan fingerprint density at radius 3 is 2.53 bits per heavy atom. The van der Waals surface area contributed by atoms with Crippen molar-refractivity contribution in [3.63, 3.8) is 0 Å². The molecule has 1 atom stereocenters. The van der Waals surface area contributed by atoms with Crippen LogP contribution in [0.3, 0.4) is 0 Å². The maximum absolute atomic E-state index is 6.49. The van der Waals surface area contributed by atoms with Crippen LogP contribution < -0.4 is 5.73 Å². The molecule has 1 aliphatic carbocycles. The van der Waals surface area contributed by atoms with Crippen molar-refractivity contribution in [1.82, 2.24) is 9.88 Å². The van der Waals surface area contributed by atoms with Gasteiger partial charge in [0.1, 0.15) is 0 Å². The van der Waals surface area contributed by atoms with Gasteiger partial charge in [0.25, 0.3) is 0 Å². The first-order valence-corrected chi connectivity index (χ1v) is 7.51. The Balaban J connectivity index is 0.000000637. The number of hydrogen-bond donors (Lipinski definition) is 1. The first kappa shape index (κ1) is 14.5. The molecule has 0 unspecified atom stereocenters. The maximum atomic E-state index is 6.49. The summed E-state index contributed by atoms with van der Waals surface area (Å²) in [6.45, 7) is 8.40. The van der Waals surface area contributed by atoms with Crippen LogP contribution in [-0.4, -0.2) is 30.0 Å². The molecule has 0 amide bonds. The standard InChI is InChI=1S/C14H21N3.C2H6/c1-10-3-4-11-12(16-10)9-14(13(11)15)5-7-17(2)8-6-14;1-2/h3-4,13H,5-9,15H2,1-2H3;1-2H3/t13-;/m1./s1. The number of piperidine rings is 1. The highest BCUT2D eigenvalue weighted by molar-refractivity contribution is 5.34. The summed E-state index contributed by atoms with van der Waals surface area (Å²) in [5.41, 5.74) is 10.4. The zero-order valence-corrected chi connectivity index (χ0v) is 12.7. The molecule has 106 valence electrons. The molecule has 3 rings (SSSR count). The highest BCUT2D eigenvalue weighted by Crippen LogP contribution is 2.49. The van der Waals surface area contributed by atoms with E-state index in [1.165, 1.54) is 37.2 Å². The Kier molecular flexibility index (Phi) is 4.26. The fraction of sp³-hybridized carbons (Fsp3) is 0.688. The number of hydrogen-bond acceptors (Lipinski definition) is 3. The molecule has 2 aliphatic rings. The molecule has 0 saturated carbocycles. The molecule has 1 spiro atoms. The molecule has 1 saturated heterocycles. The van der Waals surface area contributed by atoms with Crippen LogP contribution in [0.1, 0.15) is 49.7 Å². The molecule has 3 nitrogen and oxygen atoms in total. The van der Waals surface area contributed by atoms with Gasteiger partial charge < -0.3 is 10.6 Å². The normalized spacial score (nSPS) is 24.8. The average molecular weight is 261 g/mol. The molecule has 1 fully saturated rings. The number of rotatable bonds is 0. The van der Waals surface area contributed by atoms with Crippen LogP contribution in [0.25, 0.3) is 0 Å². The summed E-state index contributed by atoms with van der Waals surface area (Å²) in [5, 5.41) is 0. The van der Waals surface area contributed by atoms with Gasteiger partial charge in [-0.25, -0.2) is 0 Å². The Morgan fingerprint density at radius 1 is 1.26 bits per heavy atom. The van der Waals surface area contributed by atoms with Gasteiger partial charge >= 0.3 is 0 Å². The van der Waals surface area contributed by atoms with Crippen LogP contribution in [0, 0.1) is 12.3 Å². The lowest BCUT2D eigenvalue weighted by Crippen LogP contribution is -2.42. The number of pyridine rings is 1. The van der Waals surface area contributed by atoms with Crippen molar-refractivity contribution in [2.75, 3.05) is 20.1 Å². The molecule has 2 heterocycles. The zero-order chi connectivity index (χ0) is 14.0. The van der Waals surface area contributed by atoms with Crippen LogP contribution in [0.4, 0.5) is 0 Å². The lowest BCUT2D eigenvalue weighted by Gasteiger charge is -2.40. The SMILES string of the molecule is CC.Cc1ccc2c(n1)CC1(CCN(C)CC1)[C@@H]2N. The summed E-state index contributed by atoms with van der Waals surface area (Å²) in [5.74, 6) is 0. The van der Waals surface area contributed by atoms with Gasteiger partial charge in [0.05, 0.1) is 0 Å². The second-order valence-electron chi connectivity index (χ2n) is 5.81. The monoisotopic (exact) mass is 261 g/mol. The third-order valence-electron chi connectivity index (χ3n) is 4.65. The fourth-order valence-corrected chi connectivity index (χ4v) is 3.37. The average Bonchev–Trinajstić information content (AvgIpc) is 2.68.